The van der Waals surface area contributed by atoms with Crippen molar-refractivity contribution in [2.24, 2.45) is 0 Å². The van der Waals surface area contributed by atoms with Crippen molar-refractivity contribution in [2.75, 3.05) is 7.11 Å². The van der Waals surface area contributed by atoms with Crippen LogP contribution in [0.4, 0.5) is 0 Å². The van der Waals surface area contributed by atoms with Gasteiger partial charge in [0.05, 0.1) is 17.6 Å². The number of nitrogens with one attached hydrogen (secondary N) is 1. The van der Waals surface area contributed by atoms with Crippen LogP contribution in [0.25, 0.3) is 5.57 Å². The van der Waals surface area contributed by atoms with Crippen molar-refractivity contribution in [2.45, 2.75) is 11.4 Å². The molecular formula is C17H15NO5S. The van der Waals surface area contributed by atoms with Crippen molar-refractivity contribution in [3.8, 4) is 11.5 Å². The summed E-state index contributed by atoms with van der Waals surface area (Å²) >= 11 is 0. The zero-order chi connectivity index (χ0) is 17.3. The fourth-order valence-electron chi connectivity index (χ4n) is 2.50. The Kier molecular flexibility index (Phi) is 4.02. The topological polar surface area (TPSA) is 92.7 Å². The van der Waals surface area contributed by atoms with Crippen molar-refractivity contribution < 1.29 is 23.1 Å². The molecule has 1 heterocycles. The third kappa shape index (κ3) is 2.85. The van der Waals surface area contributed by atoms with Crippen molar-refractivity contribution in [1.82, 2.24) is 5.32 Å². The summed E-state index contributed by atoms with van der Waals surface area (Å²) in [4.78, 5) is 12.5. The van der Waals surface area contributed by atoms with Gasteiger partial charge in [-0.2, -0.15) is 0 Å². The molecule has 6 nitrogen and oxygen atoms in total. The van der Waals surface area contributed by atoms with E-state index in [-0.39, 0.29) is 22.8 Å². The van der Waals surface area contributed by atoms with Gasteiger partial charge >= 0.3 is 0 Å². The molecule has 1 aliphatic heterocycles. The lowest BCUT2D eigenvalue weighted by Gasteiger charge is -2.09. The van der Waals surface area contributed by atoms with Crippen LogP contribution in [-0.2, 0) is 21.2 Å². The predicted octanol–water partition coefficient (Wildman–Crippen LogP) is 1.85. The maximum atomic E-state index is 12.4. The standard InChI is InChI=1S/C17H15NO5S/c1-23-15-8-11(6-7-14(15)19)9-18-17(20)13-10-24(21,22)16-5-3-2-4-12(13)16/h2-8,10,19H,9H2,1H3,(H,18,20). The van der Waals surface area contributed by atoms with Gasteiger partial charge in [-0.3, -0.25) is 4.79 Å². The van der Waals surface area contributed by atoms with Gasteiger partial charge in [0, 0.05) is 17.5 Å². The Morgan fingerprint density at radius 1 is 1.21 bits per heavy atom. The first-order valence-corrected chi connectivity index (χ1v) is 8.67. The number of hydrogen-bond acceptors (Lipinski definition) is 5. The highest BCUT2D eigenvalue weighted by Crippen LogP contribution is 2.33. The number of methoxy groups -OCH3 is 1. The van der Waals surface area contributed by atoms with Gasteiger partial charge in [0.25, 0.3) is 5.91 Å². The number of phenols is 1. The molecular weight excluding hydrogens is 330 g/mol. The van der Waals surface area contributed by atoms with E-state index in [0.29, 0.717) is 16.9 Å². The summed E-state index contributed by atoms with van der Waals surface area (Å²) in [6.45, 7) is 0.176. The van der Waals surface area contributed by atoms with Gasteiger partial charge in [-0.15, -0.1) is 0 Å². The zero-order valence-electron chi connectivity index (χ0n) is 12.8. The number of carbonyl (C=O) groups excluding carboxylic acids is 1. The normalized spacial score (nSPS) is 14.6. The first-order valence-electron chi connectivity index (χ1n) is 7.12. The van der Waals surface area contributed by atoms with Crippen LogP contribution in [0, 0.1) is 0 Å². The van der Waals surface area contributed by atoms with Crippen LogP contribution < -0.4 is 10.1 Å². The number of amides is 1. The molecule has 0 fully saturated rings. The molecule has 2 aromatic carbocycles. The van der Waals surface area contributed by atoms with Gasteiger partial charge in [0.2, 0.25) is 9.84 Å². The fraction of sp³-hybridized carbons (Fsp3) is 0.118. The molecule has 3 rings (SSSR count). The third-order valence-corrected chi connectivity index (χ3v) is 5.21. The number of hydrogen-bond donors (Lipinski definition) is 2. The van der Waals surface area contributed by atoms with Crippen LogP contribution >= 0.6 is 0 Å². The van der Waals surface area contributed by atoms with Crippen molar-refractivity contribution in [1.29, 1.82) is 0 Å². The Bertz CT molecular complexity index is 947. The van der Waals surface area contributed by atoms with Crippen LogP contribution in [-0.4, -0.2) is 26.5 Å². The predicted molar refractivity (Wildman–Crippen MR) is 88.1 cm³/mol. The SMILES string of the molecule is COc1cc(CNC(=O)C2=CS(=O)(=O)c3ccccc32)ccc1O. The molecule has 24 heavy (non-hydrogen) atoms. The van der Waals surface area contributed by atoms with E-state index in [9.17, 15) is 18.3 Å². The lowest BCUT2D eigenvalue weighted by atomic mass is 10.1. The maximum Gasteiger partial charge on any atom is 0.252 e. The summed E-state index contributed by atoms with van der Waals surface area (Å²) in [6.07, 6.45) is 0. The van der Waals surface area contributed by atoms with Crippen molar-refractivity contribution in [3.05, 3.63) is 59.0 Å². The van der Waals surface area contributed by atoms with Crippen LogP contribution in [0.15, 0.2) is 52.8 Å². The molecule has 0 radical (unpaired) electrons. The Hall–Kier alpha value is -2.80. The second-order valence-electron chi connectivity index (χ2n) is 5.26. The summed E-state index contributed by atoms with van der Waals surface area (Å²) in [5.74, 6) is -0.170. The Balaban J connectivity index is 1.80. The monoisotopic (exact) mass is 345 g/mol. The highest BCUT2D eigenvalue weighted by molar-refractivity contribution is 7.95. The first kappa shape index (κ1) is 16.1. The minimum absolute atomic E-state index is 0.00565. The summed E-state index contributed by atoms with van der Waals surface area (Å²) in [6, 6.07) is 11.1. The van der Waals surface area contributed by atoms with E-state index in [1.165, 1.54) is 19.2 Å². The van der Waals surface area contributed by atoms with Gasteiger partial charge in [-0.1, -0.05) is 24.3 Å². The molecule has 7 heteroatoms. The number of fused-ring (bicyclic) bond motifs is 1. The van der Waals surface area contributed by atoms with E-state index < -0.39 is 15.7 Å². The highest BCUT2D eigenvalue weighted by Gasteiger charge is 2.29. The van der Waals surface area contributed by atoms with Crippen LogP contribution in [0.1, 0.15) is 11.1 Å². The maximum absolute atomic E-state index is 12.4. The summed E-state index contributed by atoms with van der Waals surface area (Å²) < 4.78 is 29.1. The lowest BCUT2D eigenvalue weighted by molar-refractivity contribution is -0.115. The summed E-state index contributed by atoms with van der Waals surface area (Å²) in [5, 5.41) is 13.2. The largest absolute Gasteiger partial charge is 0.504 e. The number of sulfone groups is 1. The lowest BCUT2D eigenvalue weighted by Crippen LogP contribution is -2.23. The van der Waals surface area contributed by atoms with Gasteiger partial charge in [-0.25, -0.2) is 8.42 Å². The number of aromatic hydroxyl groups is 1. The molecule has 1 amide bonds. The van der Waals surface area contributed by atoms with E-state index >= 15 is 0 Å². The molecule has 0 atom stereocenters. The van der Waals surface area contributed by atoms with Crippen molar-refractivity contribution in [3.63, 3.8) is 0 Å². The number of rotatable bonds is 4. The highest BCUT2D eigenvalue weighted by atomic mass is 32.2. The average molecular weight is 345 g/mol. The molecule has 2 aromatic rings. The van der Waals surface area contributed by atoms with Gasteiger partial charge < -0.3 is 15.2 Å². The van der Waals surface area contributed by atoms with E-state index in [0.717, 1.165) is 5.41 Å². The van der Waals surface area contributed by atoms with Gasteiger partial charge in [-0.05, 0) is 23.8 Å². The van der Waals surface area contributed by atoms with E-state index in [1.54, 1.807) is 30.3 Å². The molecule has 0 saturated heterocycles. The smallest absolute Gasteiger partial charge is 0.252 e. The minimum Gasteiger partial charge on any atom is -0.504 e. The van der Waals surface area contributed by atoms with E-state index in [2.05, 4.69) is 5.32 Å². The molecule has 0 unspecified atom stereocenters. The quantitative estimate of drug-likeness (QED) is 0.882. The molecule has 2 N–H and O–H groups in total. The van der Waals surface area contributed by atoms with Crippen LogP contribution in [0.5, 0.6) is 11.5 Å². The Morgan fingerprint density at radius 3 is 2.71 bits per heavy atom. The van der Waals surface area contributed by atoms with Crippen LogP contribution in [0.3, 0.4) is 0 Å². The van der Waals surface area contributed by atoms with E-state index in [1.807, 2.05) is 0 Å². The molecule has 0 saturated carbocycles. The summed E-state index contributed by atoms with van der Waals surface area (Å²) in [7, 11) is -2.14. The molecule has 0 bridgehead atoms. The molecule has 124 valence electrons. The third-order valence-electron chi connectivity index (χ3n) is 3.70. The minimum atomic E-state index is -3.57. The fourth-order valence-corrected chi connectivity index (χ4v) is 3.93. The Labute approximate surface area is 139 Å². The molecule has 0 spiro atoms. The van der Waals surface area contributed by atoms with Gasteiger partial charge in [0.15, 0.2) is 11.5 Å². The van der Waals surface area contributed by atoms with E-state index in [4.69, 9.17) is 4.74 Å². The zero-order valence-corrected chi connectivity index (χ0v) is 13.6. The Morgan fingerprint density at radius 2 is 1.96 bits per heavy atom. The van der Waals surface area contributed by atoms with Gasteiger partial charge in [0.1, 0.15) is 0 Å². The second-order valence-corrected chi connectivity index (χ2v) is 7.03. The molecule has 0 aromatic heterocycles. The number of benzene rings is 2. The second kappa shape index (κ2) is 6.01. The van der Waals surface area contributed by atoms with Crippen molar-refractivity contribution >= 4 is 21.3 Å². The average Bonchev–Trinajstić information content (AvgIpc) is 2.86. The number of phenolic OH excluding ortho intramolecular Hbond substituents is 1. The summed E-state index contributed by atoms with van der Waals surface area (Å²) in [5.41, 5.74) is 1.24. The van der Waals surface area contributed by atoms with Crippen LogP contribution in [0.2, 0.25) is 0 Å². The number of carbonyl (C=O) groups is 1. The molecule has 0 aliphatic carbocycles. The number of ether oxygens (including phenoxy) is 1. The molecule has 1 aliphatic rings. The first-order chi connectivity index (χ1) is 11.4.